The van der Waals surface area contributed by atoms with E-state index in [4.69, 9.17) is 0 Å². The molecular formula is C19H24N2OS. The molecule has 0 spiro atoms. The van der Waals surface area contributed by atoms with E-state index in [0.717, 1.165) is 34.0 Å². The second kappa shape index (κ2) is 6.44. The van der Waals surface area contributed by atoms with Crippen molar-refractivity contribution in [3.05, 3.63) is 39.7 Å². The minimum atomic E-state index is 0.236. The summed E-state index contributed by atoms with van der Waals surface area (Å²) < 4.78 is 0. The Morgan fingerprint density at radius 2 is 1.91 bits per heavy atom. The number of benzene rings is 1. The predicted molar refractivity (Wildman–Crippen MR) is 95.7 cm³/mol. The third kappa shape index (κ3) is 3.63. The Hall–Kier alpha value is -1.68. The predicted octanol–water partition coefficient (Wildman–Crippen LogP) is 4.37. The van der Waals surface area contributed by atoms with Gasteiger partial charge in [-0.3, -0.25) is 4.79 Å². The fraction of sp³-hybridized carbons (Fsp3) is 0.474. The number of hydrogen-bond donors (Lipinski definition) is 0. The van der Waals surface area contributed by atoms with Crippen LogP contribution in [0, 0.1) is 13.8 Å². The maximum Gasteiger partial charge on any atom is 0.228 e. The first-order chi connectivity index (χ1) is 11.0. The fourth-order valence-corrected chi connectivity index (χ4v) is 3.97. The molecule has 1 saturated carbocycles. The van der Waals surface area contributed by atoms with Gasteiger partial charge < -0.3 is 4.90 Å². The van der Waals surface area contributed by atoms with Crippen LogP contribution in [-0.2, 0) is 11.2 Å². The van der Waals surface area contributed by atoms with Gasteiger partial charge in [0.1, 0.15) is 0 Å². The third-order valence-corrected chi connectivity index (χ3v) is 5.20. The number of hydrogen-bond acceptors (Lipinski definition) is 3. The second-order valence-electron chi connectivity index (χ2n) is 6.67. The Balaban J connectivity index is 1.85. The van der Waals surface area contributed by atoms with Crippen molar-refractivity contribution < 1.29 is 4.79 Å². The van der Waals surface area contributed by atoms with Crippen LogP contribution < -0.4 is 0 Å². The quantitative estimate of drug-likeness (QED) is 0.816. The average molecular weight is 328 g/mol. The van der Waals surface area contributed by atoms with Crippen LogP contribution in [0.15, 0.2) is 24.3 Å². The van der Waals surface area contributed by atoms with Crippen LogP contribution in [0.4, 0.5) is 0 Å². The number of carbonyl (C=O) groups is 1. The van der Waals surface area contributed by atoms with Gasteiger partial charge >= 0.3 is 0 Å². The van der Waals surface area contributed by atoms with Gasteiger partial charge in [-0.05, 0) is 40.5 Å². The molecule has 122 valence electrons. The molecule has 0 aliphatic heterocycles. The summed E-state index contributed by atoms with van der Waals surface area (Å²) in [5.41, 5.74) is 3.31. The lowest BCUT2D eigenvalue weighted by Gasteiger charge is -2.26. The topological polar surface area (TPSA) is 33.2 Å². The van der Waals surface area contributed by atoms with E-state index in [-0.39, 0.29) is 11.9 Å². The summed E-state index contributed by atoms with van der Waals surface area (Å²) in [6.07, 6.45) is 2.76. The van der Waals surface area contributed by atoms with E-state index in [9.17, 15) is 4.79 Å². The first kappa shape index (κ1) is 16.2. The van der Waals surface area contributed by atoms with E-state index in [1.165, 1.54) is 5.56 Å². The molecule has 1 aliphatic carbocycles. The Kier molecular flexibility index (Phi) is 4.53. The molecule has 2 aromatic rings. The van der Waals surface area contributed by atoms with Crippen molar-refractivity contribution in [3.8, 4) is 11.3 Å². The molecule has 3 nitrogen and oxygen atoms in total. The Bertz CT molecular complexity index is 697. The molecule has 1 aromatic carbocycles. The first-order valence-electron chi connectivity index (χ1n) is 8.30. The van der Waals surface area contributed by atoms with Crippen LogP contribution in [0.1, 0.15) is 42.1 Å². The highest BCUT2D eigenvalue weighted by Crippen LogP contribution is 2.32. The molecule has 1 aliphatic rings. The Morgan fingerprint density at radius 1 is 1.26 bits per heavy atom. The van der Waals surface area contributed by atoms with E-state index in [2.05, 4.69) is 54.9 Å². The van der Waals surface area contributed by atoms with Crippen LogP contribution in [0.25, 0.3) is 11.3 Å². The monoisotopic (exact) mass is 328 g/mol. The Morgan fingerprint density at radius 3 is 2.48 bits per heavy atom. The van der Waals surface area contributed by atoms with Gasteiger partial charge in [0, 0.05) is 22.5 Å². The molecule has 1 heterocycles. The minimum Gasteiger partial charge on any atom is -0.337 e. The number of aromatic nitrogens is 1. The summed E-state index contributed by atoms with van der Waals surface area (Å²) in [6.45, 7) is 8.30. The third-order valence-electron chi connectivity index (χ3n) is 4.23. The van der Waals surface area contributed by atoms with Crippen LogP contribution in [-0.4, -0.2) is 27.9 Å². The number of carbonyl (C=O) groups excluding carboxylic acids is 1. The molecule has 1 fully saturated rings. The molecule has 0 N–H and O–H groups in total. The molecule has 0 radical (unpaired) electrons. The van der Waals surface area contributed by atoms with Gasteiger partial charge in [-0.1, -0.05) is 29.8 Å². The van der Waals surface area contributed by atoms with Crippen LogP contribution >= 0.6 is 11.3 Å². The highest BCUT2D eigenvalue weighted by molar-refractivity contribution is 7.12. The van der Waals surface area contributed by atoms with Crippen molar-refractivity contribution in [1.29, 1.82) is 0 Å². The maximum atomic E-state index is 12.8. The van der Waals surface area contributed by atoms with E-state index in [1.807, 2.05) is 6.92 Å². The van der Waals surface area contributed by atoms with Gasteiger partial charge in [-0.25, -0.2) is 4.98 Å². The molecular weight excluding hydrogens is 304 g/mol. The smallest absolute Gasteiger partial charge is 0.228 e. The van der Waals surface area contributed by atoms with Gasteiger partial charge in [-0.2, -0.15) is 0 Å². The van der Waals surface area contributed by atoms with Gasteiger partial charge in [0.25, 0.3) is 0 Å². The minimum absolute atomic E-state index is 0.236. The van der Waals surface area contributed by atoms with Crippen molar-refractivity contribution >= 4 is 17.2 Å². The number of thiazole rings is 1. The van der Waals surface area contributed by atoms with Crippen LogP contribution in [0.5, 0.6) is 0 Å². The Labute approximate surface area is 142 Å². The van der Waals surface area contributed by atoms with Crippen molar-refractivity contribution in [3.63, 3.8) is 0 Å². The standard InChI is InChI=1S/C19H24N2OS/c1-12(2)21(16-9-10-16)18(22)11-17-19(20-14(4)23-17)15-7-5-13(3)6-8-15/h5-8,12,16H,9-11H2,1-4H3. The molecule has 4 heteroatoms. The number of rotatable bonds is 5. The maximum absolute atomic E-state index is 12.8. The van der Waals surface area contributed by atoms with E-state index in [1.54, 1.807) is 11.3 Å². The zero-order valence-corrected chi connectivity index (χ0v) is 15.1. The van der Waals surface area contributed by atoms with Crippen molar-refractivity contribution in [2.45, 2.75) is 59.0 Å². The molecule has 0 atom stereocenters. The second-order valence-corrected chi connectivity index (χ2v) is 7.96. The summed E-state index contributed by atoms with van der Waals surface area (Å²) in [5, 5.41) is 1.02. The zero-order valence-electron chi connectivity index (χ0n) is 14.3. The molecule has 3 rings (SSSR count). The highest BCUT2D eigenvalue weighted by atomic mass is 32.1. The highest BCUT2D eigenvalue weighted by Gasteiger charge is 2.34. The van der Waals surface area contributed by atoms with Crippen molar-refractivity contribution in [2.24, 2.45) is 0 Å². The SMILES string of the molecule is Cc1ccc(-c2nc(C)sc2CC(=O)N(C(C)C)C2CC2)cc1. The largest absolute Gasteiger partial charge is 0.337 e. The molecule has 0 saturated heterocycles. The van der Waals surface area contributed by atoms with Crippen LogP contribution in [0.2, 0.25) is 0 Å². The van der Waals surface area contributed by atoms with Gasteiger partial charge in [-0.15, -0.1) is 11.3 Å². The summed E-state index contributed by atoms with van der Waals surface area (Å²) in [4.78, 5) is 20.6. The van der Waals surface area contributed by atoms with Crippen molar-refractivity contribution in [1.82, 2.24) is 9.88 Å². The summed E-state index contributed by atoms with van der Waals surface area (Å²) in [7, 11) is 0. The van der Waals surface area contributed by atoms with E-state index in [0.29, 0.717) is 12.5 Å². The van der Waals surface area contributed by atoms with E-state index < -0.39 is 0 Å². The van der Waals surface area contributed by atoms with Gasteiger partial charge in [0.15, 0.2) is 0 Å². The lowest BCUT2D eigenvalue weighted by atomic mass is 10.1. The normalized spacial score (nSPS) is 14.3. The molecule has 23 heavy (non-hydrogen) atoms. The zero-order chi connectivity index (χ0) is 16.6. The van der Waals surface area contributed by atoms with Crippen LogP contribution in [0.3, 0.4) is 0 Å². The number of aryl methyl sites for hydroxylation is 2. The number of nitrogens with zero attached hydrogens (tertiary/aromatic N) is 2. The molecule has 0 unspecified atom stereocenters. The average Bonchev–Trinajstić information content (AvgIpc) is 3.23. The first-order valence-corrected chi connectivity index (χ1v) is 9.12. The molecule has 1 aromatic heterocycles. The van der Waals surface area contributed by atoms with Crippen molar-refractivity contribution in [2.75, 3.05) is 0 Å². The lowest BCUT2D eigenvalue weighted by Crippen LogP contribution is -2.39. The summed E-state index contributed by atoms with van der Waals surface area (Å²) in [5.74, 6) is 0.236. The van der Waals surface area contributed by atoms with Gasteiger partial charge in [0.2, 0.25) is 5.91 Å². The molecule has 1 amide bonds. The number of amides is 1. The van der Waals surface area contributed by atoms with E-state index >= 15 is 0 Å². The summed E-state index contributed by atoms with van der Waals surface area (Å²) >= 11 is 1.64. The molecule has 0 bridgehead atoms. The fourth-order valence-electron chi connectivity index (χ4n) is 3.02. The lowest BCUT2D eigenvalue weighted by molar-refractivity contribution is -0.132. The summed E-state index contributed by atoms with van der Waals surface area (Å²) in [6, 6.07) is 9.12. The van der Waals surface area contributed by atoms with Gasteiger partial charge in [0.05, 0.1) is 17.1 Å².